The van der Waals surface area contributed by atoms with Crippen molar-refractivity contribution >= 4 is 45.0 Å². The normalized spacial score (nSPS) is 14.8. The fourth-order valence-corrected chi connectivity index (χ4v) is 7.53. The Kier molecular flexibility index (Phi) is 11.1. The van der Waals surface area contributed by atoms with E-state index >= 15 is 0 Å². The summed E-state index contributed by atoms with van der Waals surface area (Å²) >= 11 is 8.05. The first kappa shape index (κ1) is 34.0. The van der Waals surface area contributed by atoms with Gasteiger partial charge in [0.1, 0.15) is 5.82 Å². The van der Waals surface area contributed by atoms with Gasteiger partial charge in [0.15, 0.2) is 0 Å². The van der Waals surface area contributed by atoms with Gasteiger partial charge >= 0.3 is 0 Å². The van der Waals surface area contributed by atoms with Gasteiger partial charge in [-0.05, 0) is 84.5 Å². The molecule has 0 saturated carbocycles. The summed E-state index contributed by atoms with van der Waals surface area (Å²) in [5.74, 6) is -0.277. The number of amides is 1. The molecule has 242 valence electrons. The molecule has 1 fully saturated rings. The summed E-state index contributed by atoms with van der Waals surface area (Å²) in [5, 5.41) is 0.364. The minimum Gasteiger partial charge on any atom is -0.371 e. The van der Waals surface area contributed by atoms with Crippen LogP contribution in [0, 0.1) is 11.2 Å². The number of piperidine rings is 1. The second-order valence-electron chi connectivity index (χ2n) is 12.3. The van der Waals surface area contributed by atoms with Crippen LogP contribution in [-0.4, -0.2) is 44.6 Å². The van der Waals surface area contributed by atoms with Crippen molar-refractivity contribution in [2.45, 2.75) is 49.6 Å². The minimum atomic E-state index is -4.09. The Morgan fingerprint density at radius 1 is 0.913 bits per heavy atom. The molecule has 5 rings (SSSR count). The van der Waals surface area contributed by atoms with Crippen LogP contribution in [-0.2, 0) is 23.1 Å². The van der Waals surface area contributed by atoms with Crippen LogP contribution in [0.3, 0.4) is 0 Å². The first-order valence-electron chi connectivity index (χ1n) is 15.3. The van der Waals surface area contributed by atoms with Gasteiger partial charge in [-0.15, -0.1) is 11.8 Å². The first-order valence-corrected chi connectivity index (χ1v) is 18.2. The number of anilines is 1. The molecule has 0 unspecified atom stereocenters. The van der Waals surface area contributed by atoms with Gasteiger partial charge in [-0.25, -0.2) is 17.5 Å². The lowest BCUT2D eigenvalue weighted by Crippen LogP contribution is -2.37. The monoisotopic (exact) mass is 679 g/mol. The smallest absolute Gasteiger partial charge is 0.264 e. The van der Waals surface area contributed by atoms with Crippen molar-refractivity contribution < 1.29 is 17.6 Å². The molecular weight excluding hydrogens is 641 g/mol. The van der Waals surface area contributed by atoms with Crippen LogP contribution < -0.4 is 9.62 Å². The molecule has 1 N–H and O–H groups in total. The first-order chi connectivity index (χ1) is 22.0. The van der Waals surface area contributed by atoms with E-state index in [9.17, 15) is 17.6 Å². The predicted molar refractivity (Wildman–Crippen MR) is 185 cm³/mol. The molecule has 0 bridgehead atoms. The van der Waals surface area contributed by atoms with Crippen molar-refractivity contribution in [3.05, 3.63) is 125 Å². The van der Waals surface area contributed by atoms with Crippen molar-refractivity contribution in [1.29, 1.82) is 0 Å². The molecule has 1 amide bonds. The highest BCUT2D eigenvalue weighted by atomic mass is 35.5. The lowest BCUT2D eigenvalue weighted by atomic mass is 9.82. The molecule has 1 aliphatic rings. The number of carbonyl (C=O) groups is 1. The maximum absolute atomic E-state index is 14.7. The summed E-state index contributed by atoms with van der Waals surface area (Å²) in [6.45, 7) is 7.85. The Balaban J connectivity index is 1.22. The van der Waals surface area contributed by atoms with Crippen molar-refractivity contribution in [2.75, 3.05) is 30.3 Å². The Morgan fingerprint density at radius 3 is 2.24 bits per heavy atom. The van der Waals surface area contributed by atoms with Crippen LogP contribution >= 0.6 is 23.4 Å². The molecule has 1 saturated heterocycles. The van der Waals surface area contributed by atoms with E-state index in [0.29, 0.717) is 35.6 Å². The summed E-state index contributed by atoms with van der Waals surface area (Å²) in [6.07, 6.45) is 2.19. The second-order valence-corrected chi connectivity index (χ2v) is 15.6. The molecule has 4 aromatic rings. The van der Waals surface area contributed by atoms with Crippen molar-refractivity contribution in [2.24, 2.45) is 5.41 Å². The standard InChI is InChI=1S/C36H39ClFN3O3S2/c1-36(2)19-21-41(22-20-36)29-15-13-28(14-16-29)35(42)39-46(43,44)31-17-11-27(12-18-31)25-40(23-24-45-30-7-4-3-5-8-30)26-32-33(37)9-6-10-34(32)38/h3-18H,19-26H2,1-2H3,(H,39,42). The van der Waals surface area contributed by atoms with Crippen LogP contribution in [0.25, 0.3) is 0 Å². The maximum atomic E-state index is 14.7. The molecule has 1 aliphatic heterocycles. The number of benzene rings is 4. The van der Waals surface area contributed by atoms with Crippen LogP contribution in [0.4, 0.5) is 10.1 Å². The molecule has 46 heavy (non-hydrogen) atoms. The van der Waals surface area contributed by atoms with Crippen molar-refractivity contribution in [3.63, 3.8) is 0 Å². The zero-order valence-electron chi connectivity index (χ0n) is 26.1. The predicted octanol–water partition coefficient (Wildman–Crippen LogP) is 8.02. The highest BCUT2D eigenvalue weighted by Gasteiger charge is 2.26. The largest absolute Gasteiger partial charge is 0.371 e. The molecule has 4 aromatic carbocycles. The number of nitrogens with zero attached hydrogens (tertiary/aromatic N) is 2. The van der Waals surface area contributed by atoms with E-state index in [-0.39, 0.29) is 16.3 Å². The average Bonchev–Trinajstić information content (AvgIpc) is 3.03. The number of hydrogen-bond acceptors (Lipinski definition) is 6. The van der Waals surface area contributed by atoms with Gasteiger partial charge in [0.05, 0.1) is 4.90 Å². The van der Waals surface area contributed by atoms with E-state index in [4.69, 9.17) is 11.6 Å². The summed E-state index contributed by atoms with van der Waals surface area (Å²) in [7, 11) is -4.09. The molecule has 1 heterocycles. The minimum absolute atomic E-state index is 0.0134. The van der Waals surface area contributed by atoms with E-state index in [2.05, 4.69) is 28.4 Å². The number of thioether (sulfide) groups is 1. The van der Waals surface area contributed by atoms with Gasteiger partial charge in [-0.3, -0.25) is 9.69 Å². The number of carbonyl (C=O) groups excluding carboxylic acids is 1. The van der Waals surface area contributed by atoms with E-state index in [1.165, 1.54) is 18.2 Å². The van der Waals surface area contributed by atoms with Gasteiger partial charge in [-0.1, -0.05) is 61.8 Å². The Hall–Kier alpha value is -3.37. The summed E-state index contributed by atoms with van der Waals surface area (Å²) in [6, 6.07) is 28.2. The van der Waals surface area contributed by atoms with Crippen molar-refractivity contribution in [3.8, 4) is 0 Å². The highest BCUT2D eigenvalue weighted by molar-refractivity contribution is 7.99. The van der Waals surface area contributed by atoms with Crippen LogP contribution in [0.2, 0.25) is 5.02 Å². The van der Waals surface area contributed by atoms with Gasteiger partial charge in [0.2, 0.25) is 0 Å². The quantitative estimate of drug-likeness (QED) is 0.153. The lowest BCUT2D eigenvalue weighted by molar-refractivity contribution is 0.0981. The SMILES string of the molecule is CC1(C)CCN(c2ccc(C(=O)NS(=O)(=O)c3ccc(CN(CCSc4ccccc4)Cc4c(F)cccc4Cl)cc3)cc2)CC1. The fraction of sp³-hybridized carbons (Fsp3) is 0.306. The molecule has 6 nitrogen and oxygen atoms in total. The lowest BCUT2D eigenvalue weighted by Gasteiger charge is -2.38. The number of halogens is 2. The molecule has 0 atom stereocenters. The van der Waals surface area contributed by atoms with E-state index < -0.39 is 15.9 Å². The van der Waals surface area contributed by atoms with Crippen LogP contribution in [0.1, 0.15) is 48.2 Å². The van der Waals surface area contributed by atoms with E-state index in [0.717, 1.165) is 47.8 Å². The molecule has 0 aromatic heterocycles. The average molecular weight is 680 g/mol. The Bertz CT molecular complexity index is 1700. The number of sulfonamides is 1. The summed E-state index contributed by atoms with van der Waals surface area (Å²) in [5.41, 5.74) is 2.90. The van der Waals surface area contributed by atoms with E-state index in [1.807, 2.05) is 42.5 Å². The third-order valence-corrected chi connectivity index (χ3v) is 11.0. The van der Waals surface area contributed by atoms with Crippen molar-refractivity contribution in [1.82, 2.24) is 9.62 Å². The third-order valence-electron chi connectivity index (χ3n) is 8.34. The third kappa shape index (κ3) is 9.12. The summed E-state index contributed by atoms with van der Waals surface area (Å²) in [4.78, 5) is 18.4. The van der Waals surface area contributed by atoms with Gasteiger partial charge in [0, 0.05) is 65.2 Å². The fourth-order valence-electron chi connectivity index (χ4n) is 5.40. The number of hydrogen-bond donors (Lipinski definition) is 1. The van der Waals surface area contributed by atoms with Crippen LogP contribution in [0.5, 0.6) is 0 Å². The van der Waals surface area contributed by atoms with E-state index in [1.54, 1.807) is 48.2 Å². The Morgan fingerprint density at radius 2 is 1.59 bits per heavy atom. The van der Waals surface area contributed by atoms with Gasteiger partial charge < -0.3 is 4.90 Å². The highest BCUT2D eigenvalue weighted by Crippen LogP contribution is 2.32. The molecular formula is C36H39ClFN3O3S2. The molecule has 10 heteroatoms. The van der Waals surface area contributed by atoms with Gasteiger partial charge in [0.25, 0.3) is 15.9 Å². The van der Waals surface area contributed by atoms with Crippen LogP contribution in [0.15, 0.2) is 107 Å². The zero-order chi connectivity index (χ0) is 32.7. The zero-order valence-corrected chi connectivity index (χ0v) is 28.5. The molecule has 0 spiro atoms. The number of nitrogens with one attached hydrogen (secondary N) is 1. The van der Waals surface area contributed by atoms with Gasteiger partial charge in [-0.2, -0.15) is 0 Å². The summed E-state index contributed by atoms with van der Waals surface area (Å²) < 4.78 is 43.1. The number of rotatable bonds is 12. The maximum Gasteiger partial charge on any atom is 0.264 e. The molecule has 0 aliphatic carbocycles. The Labute approximate surface area is 281 Å². The second kappa shape index (κ2) is 15.0. The topological polar surface area (TPSA) is 69.7 Å². The molecule has 0 radical (unpaired) electrons.